The number of thioether (sulfide) groups is 1. The number of rotatable bonds is 10. The van der Waals surface area contributed by atoms with Gasteiger partial charge >= 0.3 is 0 Å². The second-order valence-corrected chi connectivity index (χ2v) is 11.6. The second kappa shape index (κ2) is 12.3. The lowest BCUT2D eigenvalue weighted by Crippen LogP contribution is -2.38. The average Bonchev–Trinajstić information content (AvgIpc) is 3.25. The fourth-order valence-corrected chi connectivity index (χ4v) is 5.94. The van der Waals surface area contributed by atoms with Crippen molar-refractivity contribution in [1.29, 1.82) is 0 Å². The summed E-state index contributed by atoms with van der Waals surface area (Å²) in [4.78, 5) is 23.6. The van der Waals surface area contributed by atoms with Crippen molar-refractivity contribution < 1.29 is 13.2 Å². The van der Waals surface area contributed by atoms with Crippen LogP contribution >= 0.6 is 35.5 Å². The minimum atomic E-state index is -3.56. The maximum Gasteiger partial charge on any atom is 0.260 e. The maximum atomic E-state index is 13.6. The summed E-state index contributed by atoms with van der Waals surface area (Å²) >= 11 is 3.13. The van der Waals surface area contributed by atoms with Crippen LogP contribution in [-0.4, -0.2) is 75.0 Å². The molecule has 0 bridgehead atoms. The van der Waals surface area contributed by atoms with Gasteiger partial charge in [-0.15, -0.1) is 24.2 Å². The van der Waals surface area contributed by atoms with Crippen molar-refractivity contribution in [2.75, 3.05) is 51.4 Å². The quantitative estimate of drug-likeness (QED) is 0.346. The number of amides is 1. The number of nitrogens with zero attached hydrogens (tertiary/aromatic N) is 4. The molecule has 34 heavy (non-hydrogen) atoms. The number of thiazole rings is 1. The largest absolute Gasteiger partial charge is 0.302 e. The number of aromatic nitrogens is 1. The van der Waals surface area contributed by atoms with E-state index < -0.39 is 10.0 Å². The summed E-state index contributed by atoms with van der Waals surface area (Å²) in [6.45, 7) is 7.20. The number of benzene rings is 2. The van der Waals surface area contributed by atoms with Gasteiger partial charge in [-0.05, 0) is 55.7 Å². The van der Waals surface area contributed by atoms with Crippen LogP contribution in [0.25, 0.3) is 10.2 Å². The lowest BCUT2D eigenvalue weighted by atomic mass is 10.2. The van der Waals surface area contributed by atoms with Crippen molar-refractivity contribution in [2.24, 2.45) is 0 Å². The van der Waals surface area contributed by atoms with Crippen LogP contribution in [0.1, 0.15) is 24.2 Å². The first-order valence-electron chi connectivity index (χ1n) is 10.7. The molecule has 2 aromatic carbocycles. The van der Waals surface area contributed by atoms with Gasteiger partial charge in [-0.1, -0.05) is 31.3 Å². The van der Waals surface area contributed by atoms with E-state index in [0.29, 0.717) is 17.2 Å². The molecule has 3 aromatic rings. The molecule has 0 saturated carbocycles. The first-order chi connectivity index (χ1) is 15.7. The Hall–Kier alpha value is -1.69. The molecule has 0 unspecified atom stereocenters. The Morgan fingerprint density at radius 2 is 1.68 bits per heavy atom. The Balaban J connectivity index is 0.00000408. The summed E-state index contributed by atoms with van der Waals surface area (Å²) in [6.07, 6.45) is 2.01. The lowest BCUT2D eigenvalue weighted by Gasteiger charge is -2.25. The molecule has 7 nitrogen and oxygen atoms in total. The zero-order valence-corrected chi connectivity index (χ0v) is 23.3. The Morgan fingerprint density at radius 1 is 1.03 bits per heavy atom. The van der Waals surface area contributed by atoms with Crippen molar-refractivity contribution in [1.82, 2.24) is 14.2 Å². The highest BCUT2D eigenvalue weighted by Crippen LogP contribution is 2.34. The second-order valence-electron chi connectivity index (χ2n) is 7.60. The highest BCUT2D eigenvalue weighted by molar-refractivity contribution is 7.98. The fraction of sp³-hybridized carbons (Fsp3) is 0.391. The van der Waals surface area contributed by atoms with Crippen LogP contribution in [0.3, 0.4) is 0 Å². The number of hydrogen-bond acceptors (Lipinski definition) is 7. The summed E-state index contributed by atoms with van der Waals surface area (Å²) in [5, 5.41) is 0.647. The lowest BCUT2D eigenvalue weighted by molar-refractivity contribution is 0.0983. The van der Waals surface area contributed by atoms with Crippen molar-refractivity contribution in [3.05, 3.63) is 48.0 Å². The molecule has 3 rings (SSSR count). The molecule has 186 valence electrons. The van der Waals surface area contributed by atoms with Crippen LogP contribution in [0.2, 0.25) is 0 Å². The molecule has 0 aliphatic carbocycles. The number of hydrogen-bond donors (Lipinski definition) is 0. The Bertz CT molecular complexity index is 1210. The number of carbonyl (C=O) groups excluding carboxylic acids is 1. The molecule has 0 spiro atoms. The smallest absolute Gasteiger partial charge is 0.260 e. The first-order valence-corrected chi connectivity index (χ1v) is 14.2. The van der Waals surface area contributed by atoms with Gasteiger partial charge in [-0.25, -0.2) is 17.7 Å². The van der Waals surface area contributed by atoms with Gasteiger partial charge in [0.25, 0.3) is 5.91 Å². The van der Waals surface area contributed by atoms with Gasteiger partial charge in [0, 0.05) is 37.6 Å². The molecule has 1 heterocycles. The zero-order chi connectivity index (χ0) is 24.2. The molecule has 1 aromatic heterocycles. The van der Waals surface area contributed by atoms with Crippen LogP contribution in [0, 0.1) is 0 Å². The molecule has 0 N–H and O–H groups in total. The van der Waals surface area contributed by atoms with Gasteiger partial charge in [0.05, 0.1) is 15.1 Å². The third-order valence-corrected chi connectivity index (χ3v) is 9.12. The number of likely N-dealkylation sites (N-methyl/N-ethyl adjacent to an activating group) is 1. The molecular weight excluding hydrogens is 512 g/mol. The number of carbonyl (C=O) groups is 1. The number of fused-ring (bicyclic) bond motifs is 1. The van der Waals surface area contributed by atoms with Gasteiger partial charge in [-0.3, -0.25) is 9.69 Å². The summed E-state index contributed by atoms with van der Waals surface area (Å²) < 4.78 is 27.0. The average molecular weight is 543 g/mol. The highest BCUT2D eigenvalue weighted by Gasteiger charge is 2.24. The summed E-state index contributed by atoms with van der Waals surface area (Å²) in [7, 11) is -0.585. The Labute approximate surface area is 216 Å². The van der Waals surface area contributed by atoms with E-state index in [0.717, 1.165) is 39.1 Å². The van der Waals surface area contributed by atoms with Gasteiger partial charge in [0.2, 0.25) is 10.0 Å². The molecule has 0 aliphatic rings. The minimum Gasteiger partial charge on any atom is -0.302 e. The molecule has 0 aliphatic heterocycles. The van der Waals surface area contributed by atoms with Crippen molar-refractivity contribution >= 4 is 66.8 Å². The van der Waals surface area contributed by atoms with E-state index in [1.165, 1.54) is 37.6 Å². The molecule has 0 fully saturated rings. The maximum absolute atomic E-state index is 13.6. The summed E-state index contributed by atoms with van der Waals surface area (Å²) in [5.41, 5.74) is 1.33. The van der Waals surface area contributed by atoms with E-state index in [9.17, 15) is 13.2 Å². The number of halogens is 1. The highest BCUT2D eigenvalue weighted by atomic mass is 35.5. The Morgan fingerprint density at radius 3 is 2.24 bits per heavy atom. The number of para-hydroxylation sites is 1. The number of anilines is 1. The van der Waals surface area contributed by atoms with Crippen LogP contribution in [-0.2, 0) is 10.0 Å². The van der Waals surface area contributed by atoms with Crippen LogP contribution in [0.15, 0.2) is 52.3 Å². The van der Waals surface area contributed by atoms with E-state index >= 15 is 0 Å². The molecule has 11 heteroatoms. The SMILES string of the molecule is CCN(CC)CCN(C(=O)c1ccc(S(=O)(=O)N(C)C)cc1)c1nc2c(SC)cccc2s1.Cl. The summed E-state index contributed by atoms with van der Waals surface area (Å²) in [6, 6.07) is 12.2. The monoisotopic (exact) mass is 542 g/mol. The summed E-state index contributed by atoms with van der Waals surface area (Å²) in [5.74, 6) is -0.194. The van der Waals surface area contributed by atoms with E-state index in [4.69, 9.17) is 4.98 Å². The van der Waals surface area contributed by atoms with Gasteiger partial charge in [0.15, 0.2) is 5.13 Å². The van der Waals surface area contributed by atoms with E-state index in [2.05, 4.69) is 18.7 Å². The predicted molar refractivity (Wildman–Crippen MR) is 145 cm³/mol. The van der Waals surface area contributed by atoms with E-state index in [-0.39, 0.29) is 23.2 Å². The fourth-order valence-electron chi connectivity index (χ4n) is 3.39. The first kappa shape index (κ1) is 28.5. The van der Waals surface area contributed by atoms with Crippen molar-refractivity contribution in [3.63, 3.8) is 0 Å². The van der Waals surface area contributed by atoms with Gasteiger partial charge in [0.1, 0.15) is 0 Å². The van der Waals surface area contributed by atoms with Crippen molar-refractivity contribution in [2.45, 2.75) is 23.6 Å². The number of sulfonamides is 1. The third kappa shape index (κ3) is 6.10. The topological polar surface area (TPSA) is 73.8 Å². The van der Waals surface area contributed by atoms with Crippen molar-refractivity contribution in [3.8, 4) is 0 Å². The van der Waals surface area contributed by atoms with E-state index in [1.807, 2.05) is 24.5 Å². The van der Waals surface area contributed by atoms with Gasteiger partial charge in [-0.2, -0.15) is 0 Å². The zero-order valence-electron chi connectivity index (χ0n) is 20.0. The third-order valence-electron chi connectivity index (χ3n) is 5.48. The minimum absolute atomic E-state index is 0. The molecule has 0 radical (unpaired) electrons. The standard InChI is InChI=1S/C23H30N4O3S3.ClH/c1-6-26(7-2)15-16-27(23-24-21-19(31-5)9-8-10-20(21)32-23)22(28)17-11-13-18(14-12-17)33(29,30)25(3)4;/h8-14H,6-7,15-16H2,1-5H3;1H. The Kier molecular flexibility index (Phi) is 10.3. The molecule has 0 saturated heterocycles. The van der Waals surface area contributed by atoms with Crippen LogP contribution in [0.4, 0.5) is 5.13 Å². The van der Waals surface area contributed by atoms with Crippen LogP contribution in [0.5, 0.6) is 0 Å². The normalized spacial score (nSPS) is 11.7. The molecule has 1 amide bonds. The van der Waals surface area contributed by atoms with Gasteiger partial charge < -0.3 is 4.90 Å². The van der Waals surface area contributed by atoms with E-state index in [1.54, 1.807) is 28.8 Å². The molecule has 0 atom stereocenters. The molecular formula is C23H31ClN4O3S3. The predicted octanol–water partition coefficient (Wildman–Crippen LogP) is 4.68. The van der Waals surface area contributed by atoms with Crippen LogP contribution < -0.4 is 4.90 Å².